The predicted octanol–water partition coefficient (Wildman–Crippen LogP) is 3.36. The van der Waals surface area contributed by atoms with Crippen LogP contribution in [0.2, 0.25) is 0 Å². The van der Waals surface area contributed by atoms with Crippen LogP contribution in [0.1, 0.15) is 58.8 Å². The topological polar surface area (TPSA) is 20.2 Å². The standard InChI is InChI=1S/C13H24O/c1-13(2)7-5-11(6-8-13)12(14)9-10-3-4-10/h10-12,14H,3-9H2,1-2H3. The van der Waals surface area contributed by atoms with Gasteiger partial charge in [-0.25, -0.2) is 0 Å². The van der Waals surface area contributed by atoms with Crippen LogP contribution in [0.25, 0.3) is 0 Å². The molecule has 0 bridgehead atoms. The first-order valence-corrected chi connectivity index (χ1v) is 6.25. The van der Waals surface area contributed by atoms with Gasteiger partial charge in [0, 0.05) is 0 Å². The van der Waals surface area contributed by atoms with Crippen molar-refractivity contribution in [2.75, 3.05) is 0 Å². The summed E-state index contributed by atoms with van der Waals surface area (Å²) < 4.78 is 0. The summed E-state index contributed by atoms with van der Waals surface area (Å²) in [6.07, 6.45) is 8.95. The first kappa shape index (κ1) is 10.5. The predicted molar refractivity (Wildman–Crippen MR) is 59.1 cm³/mol. The Labute approximate surface area is 87.9 Å². The lowest BCUT2D eigenvalue weighted by Gasteiger charge is -2.36. The largest absolute Gasteiger partial charge is 0.393 e. The van der Waals surface area contributed by atoms with Gasteiger partial charge in [0.15, 0.2) is 0 Å². The molecule has 2 aliphatic rings. The fraction of sp³-hybridized carbons (Fsp3) is 1.00. The van der Waals surface area contributed by atoms with E-state index in [0.29, 0.717) is 11.3 Å². The Bertz CT molecular complexity index is 183. The average Bonchev–Trinajstić information content (AvgIpc) is 2.88. The first-order chi connectivity index (χ1) is 6.57. The molecule has 0 amide bonds. The first-order valence-electron chi connectivity index (χ1n) is 6.25. The Kier molecular flexibility index (Phi) is 2.88. The maximum Gasteiger partial charge on any atom is 0.0571 e. The van der Waals surface area contributed by atoms with Crippen LogP contribution in [0, 0.1) is 17.3 Å². The summed E-state index contributed by atoms with van der Waals surface area (Å²) in [7, 11) is 0. The Hall–Kier alpha value is -0.0400. The van der Waals surface area contributed by atoms with E-state index in [4.69, 9.17) is 0 Å². The van der Waals surface area contributed by atoms with Gasteiger partial charge in [-0.2, -0.15) is 0 Å². The van der Waals surface area contributed by atoms with E-state index in [0.717, 1.165) is 12.3 Å². The minimum atomic E-state index is 0.0126. The monoisotopic (exact) mass is 196 g/mol. The molecule has 1 heteroatoms. The van der Waals surface area contributed by atoms with Gasteiger partial charge in [-0.15, -0.1) is 0 Å². The van der Waals surface area contributed by atoms with Crippen molar-refractivity contribution in [3.8, 4) is 0 Å². The lowest BCUT2D eigenvalue weighted by atomic mass is 9.71. The van der Waals surface area contributed by atoms with Crippen molar-refractivity contribution in [2.45, 2.75) is 64.9 Å². The molecule has 0 saturated heterocycles. The third kappa shape index (κ3) is 2.73. The molecule has 0 aromatic heterocycles. The molecule has 0 spiro atoms. The van der Waals surface area contributed by atoms with Gasteiger partial charge in [0.25, 0.3) is 0 Å². The highest BCUT2D eigenvalue weighted by molar-refractivity contribution is 4.85. The normalized spacial score (nSPS) is 30.2. The minimum Gasteiger partial charge on any atom is -0.393 e. The number of aliphatic hydroxyl groups is 1. The molecule has 1 nitrogen and oxygen atoms in total. The highest BCUT2D eigenvalue weighted by atomic mass is 16.3. The molecular formula is C13H24O. The second-order valence-electron chi connectivity index (χ2n) is 6.25. The molecule has 2 rings (SSSR count). The Balaban J connectivity index is 1.75. The summed E-state index contributed by atoms with van der Waals surface area (Å²) >= 11 is 0. The molecule has 14 heavy (non-hydrogen) atoms. The van der Waals surface area contributed by atoms with Crippen LogP contribution in [0.15, 0.2) is 0 Å². The van der Waals surface area contributed by atoms with Gasteiger partial charge in [-0.3, -0.25) is 0 Å². The smallest absolute Gasteiger partial charge is 0.0571 e. The fourth-order valence-corrected chi connectivity index (χ4v) is 2.69. The van der Waals surface area contributed by atoms with Crippen molar-refractivity contribution >= 4 is 0 Å². The zero-order chi connectivity index (χ0) is 10.2. The Morgan fingerprint density at radius 2 is 1.71 bits per heavy atom. The zero-order valence-electron chi connectivity index (χ0n) is 9.63. The maximum atomic E-state index is 10.1. The SMILES string of the molecule is CC1(C)CCC(C(O)CC2CC2)CC1. The van der Waals surface area contributed by atoms with E-state index >= 15 is 0 Å². The van der Waals surface area contributed by atoms with Crippen LogP contribution in [0.3, 0.4) is 0 Å². The molecule has 0 aliphatic heterocycles. The summed E-state index contributed by atoms with van der Waals surface area (Å²) in [5, 5.41) is 10.1. The lowest BCUT2D eigenvalue weighted by molar-refractivity contribution is 0.0478. The summed E-state index contributed by atoms with van der Waals surface area (Å²) in [5.41, 5.74) is 0.538. The van der Waals surface area contributed by atoms with Crippen LogP contribution in [-0.2, 0) is 0 Å². The molecule has 2 aliphatic carbocycles. The van der Waals surface area contributed by atoms with Crippen molar-refractivity contribution in [2.24, 2.45) is 17.3 Å². The molecule has 1 unspecified atom stereocenters. The highest BCUT2D eigenvalue weighted by Crippen LogP contribution is 2.42. The van der Waals surface area contributed by atoms with Crippen molar-refractivity contribution in [3.05, 3.63) is 0 Å². The van der Waals surface area contributed by atoms with Gasteiger partial charge in [0.05, 0.1) is 6.10 Å². The van der Waals surface area contributed by atoms with E-state index in [1.54, 1.807) is 0 Å². The van der Waals surface area contributed by atoms with Crippen molar-refractivity contribution < 1.29 is 5.11 Å². The van der Waals surface area contributed by atoms with Crippen molar-refractivity contribution in [1.29, 1.82) is 0 Å². The van der Waals surface area contributed by atoms with Crippen LogP contribution in [0.5, 0.6) is 0 Å². The third-order valence-electron chi connectivity index (χ3n) is 4.20. The van der Waals surface area contributed by atoms with Crippen LogP contribution in [0.4, 0.5) is 0 Å². The van der Waals surface area contributed by atoms with Gasteiger partial charge in [-0.05, 0) is 49.4 Å². The lowest BCUT2D eigenvalue weighted by Crippen LogP contribution is -2.29. The highest BCUT2D eigenvalue weighted by Gasteiger charge is 2.33. The molecule has 0 heterocycles. The van der Waals surface area contributed by atoms with Crippen molar-refractivity contribution in [1.82, 2.24) is 0 Å². The van der Waals surface area contributed by atoms with Gasteiger partial charge in [0.2, 0.25) is 0 Å². The second-order valence-corrected chi connectivity index (χ2v) is 6.25. The zero-order valence-corrected chi connectivity index (χ0v) is 9.63. The number of rotatable bonds is 3. The van der Waals surface area contributed by atoms with Gasteiger partial charge >= 0.3 is 0 Å². The summed E-state index contributed by atoms with van der Waals surface area (Å²) in [6, 6.07) is 0. The van der Waals surface area contributed by atoms with Gasteiger partial charge in [0.1, 0.15) is 0 Å². The van der Waals surface area contributed by atoms with Crippen molar-refractivity contribution in [3.63, 3.8) is 0 Å². The Morgan fingerprint density at radius 1 is 1.14 bits per heavy atom. The van der Waals surface area contributed by atoms with E-state index in [9.17, 15) is 5.11 Å². The van der Waals surface area contributed by atoms with Gasteiger partial charge < -0.3 is 5.11 Å². The van der Waals surface area contributed by atoms with E-state index in [-0.39, 0.29) is 6.10 Å². The quantitative estimate of drug-likeness (QED) is 0.734. The van der Waals surface area contributed by atoms with E-state index in [1.165, 1.54) is 38.5 Å². The number of aliphatic hydroxyl groups excluding tert-OH is 1. The molecule has 1 atom stereocenters. The molecule has 0 aromatic carbocycles. The number of hydrogen-bond donors (Lipinski definition) is 1. The molecule has 0 aromatic rings. The molecule has 0 radical (unpaired) electrons. The van der Waals surface area contributed by atoms with E-state index in [1.807, 2.05) is 0 Å². The molecular weight excluding hydrogens is 172 g/mol. The average molecular weight is 196 g/mol. The summed E-state index contributed by atoms with van der Waals surface area (Å²) in [4.78, 5) is 0. The van der Waals surface area contributed by atoms with E-state index in [2.05, 4.69) is 13.8 Å². The Morgan fingerprint density at radius 3 is 2.21 bits per heavy atom. The van der Waals surface area contributed by atoms with Crippen LogP contribution in [-0.4, -0.2) is 11.2 Å². The van der Waals surface area contributed by atoms with Gasteiger partial charge in [-0.1, -0.05) is 26.7 Å². The van der Waals surface area contributed by atoms with Crippen LogP contribution < -0.4 is 0 Å². The number of hydrogen-bond acceptors (Lipinski definition) is 1. The van der Waals surface area contributed by atoms with E-state index < -0.39 is 0 Å². The molecule has 2 saturated carbocycles. The molecule has 2 fully saturated rings. The third-order valence-corrected chi connectivity index (χ3v) is 4.20. The fourth-order valence-electron chi connectivity index (χ4n) is 2.69. The molecule has 1 N–H and O–H groups in total. The summed E-state index contributed by atoms with van der Waals surface area (Å²) in [5.74, 6) is 1.49. The second kappa shape index (κ2) is 3.84. The molecule has 82 valence electrons. The van der Waals surface area contributed by atoms with Crippen LogP contribution >= 0.6 is 0 Å². The summed E-state index contributed by atoms with van der Waals surface area (Å²) in [6.45, 7) is 4.72. The maximum absolute atomic E-state index is 10.1. The minimum absolute atomic E-state index is 0.0126.